The van der Waals surface area contributed by atoms with Gasteiger partial charge in [0, 0.05) is 23.8 Å². The van der Waals surface area contributed by atoms with Crippen molar-refractivity contribution in [1.29, 1.82) is 0 Å². The summed E-state index contributed by atoms with van der Waals surface area (Å²) >= 11 is 1.57. The van der Waals surface area contributed by atoms with E-state index in [1.807, 2.05) is 24.3 Å². The largest absolute Gasteiger partial charge is 0.481 e. The molecule has 1 aromatic carbocycles. The molecule has 2 rings (SSSR count). The van der Waals surface area contributed by atoms with Crippen LogP contribution in [0.15, 0.2) is 24.3 Å². The summed E-state index contributed by atoms with van der Waals surface area (Å²) < 4.78 is 5.35. The predicted molar refractivity (Wildman–Crippen MR) is 82.5 cm³/mol. The van der Waals surface area contributed by atoms with E-state index in [2.05, 4.69) is 5.32 Å². The van der Waals surface area contributed by atoms with Gasteiger partial charge in [-0.05, 0) is 30.5 Å². The Balaban J connectivity index is 1.82. The molecule has 1 aliphatic rings. The van der Waals surface area contributed by atoms with Crippen molar-refractivity contribution in [3.8, 4) is 0 Å². The van der Waals surface area contributed by atoms with Gasteiger partial charge < -0.3 is 15.2 Å². The Kier molecular flexibility index (Phi) is 6.07. The monoisotopic (exact) mass is 309 g/mol. The molecule has 1 saturated heterocycles. The van der Waals surface area contributed by atoms with Crippen molar-refractivity contribution >= 4 is 29.3 Å². The van der Waals surface area contributed by atoms with Gasteiger partial charge in [-0.1, -0.05) is 12.1 Å². The van der Waals surface area contributed by atoms with Crippen LogP contribution in [0.4, 0.5) is 5.69 Å². The fraction of sp³-hybridized carbons (Fsp3) is 0.467. The van der Waals surface area contributed by atoms with Gasteiger partial charge >= 0.3 is 5.97 Å². The number of anilines is 1. The topological polar surface area (TPSA) is 75.6 Å². The van der Waals surface area contributed by atoms with Gasteiger partial charge in [0.25, 0.3) is 5.91 Å². The molecular weight excluding hydrogens is 290 g/mol. The second-order valence-electron chi connectivity index (χ2n) is 4.89. The molecule has 0 saturated carbocycles. The summed E-state index contributed by atoms with van der Waals surface area (Å²) in [5.74, 6) is 0.446. The van der Waals surface area contributed by atoms with Crippen molar-refractivity contribution in [2.75, 3.05) is 17.7 Å². The van der Waals surface area contributed by atoms with Crippen LogP contribution in [0.3, 0.4) is 0 Å². The maximum absolute atomic E-state index is 12.0. The maximum atomic E-state index is 12.0. The summed E-state index contributed by atoms with van der Waals surface area (Å²) in [5, 5.41) is 11.5. The summed E-state index contributed by atoms with van der Waals surface area (Å²) in [5.41, 5.74) is 1.82. The Morgan fingerprint density at radius 1 is 1.43 bits per heavy atom. The Morgan fingerprint density at radius 2 is 2.29 bits per heavy atom. The zero-order chi connectivity index (χ0) is 15.1. The summed E-state index contributed by atoms with van der Waals surface area (Å²) in [6.07, 6.45) is 1.54. The van der Waals surface area contributed by atoms with Crippen molar-refractivity contribution in [3.05, 3.63) is 29.8 Å². The first-order valence-corrected chi connectivity index (χ1v) is 8.11. The molecule has 2 N–H and O–H groups in total. The number of carboxylic acids is 1. The summed E-state index contributed by atoms with van der Waals surface area (Å²) in [7, 11) is 0. The minimum Gasteiger partial charge on any atom is -0.481 e. The fourth-order valence-corrected chi connectivity index (χ4v) is 2.97. The highest BCUT2D eigenvalue weighted by molar-refractivity contribution is 7.98. The molecule has 6 heteroatoms. The van der Waals surface area contributed by atoms with Crippen LogP contribution in [0.5, 0.6) is 0 Å². The molecular formula is C15H19NO4S. The molecule has 21 heavy (non-hydrogen) atoms. The van der Waals surface area contributed by atoms with Crippen molar-refractivity contribution < 1.29 is 19.4 Å². The number of nitrogens with one attached hydrogen (secondary N) is 1. The zero-order valence-corrected chi connectivity index (χ0v) is 12.5. The highest BCUT2D eigenvalue weighted by atomic mass is 32.2. The van der Waals surface area contributed by atoms with Crippen LogP contribution in [0.2, 0.25) is 0 Å². The first kappa shape index (κ1) is 15.9. The minimum atomic E-state index is -0.778. The molecule has 0 aliphatic carbocycles. The van der Waals surface area contributed by atoms with Crippen LogP contribution >= 0.6 is 11.8 Å². The number of hydrogen-bond acceptors (Lipinski definition) is 4. The van der Waals surface area contributed by atoms with Crippen molar-refractivity contribution in [2.45, 2.75) is 31.1 Å². The number of benzene rings is 1. The van der Waals surface area contributed by atoms with Gasteiger partial charge in [0.15, 0.2) is 0 Å². The highest BCUT2D eigenvalue weighted by Crippen LogP contribution is 2.19. The molecule has 1 aromatic rings. The molecule has 1 atom stereocenters. The van der Waals surface area contributed by atoms with Crippen LogP contribution < -0.4 is 5.32 Å². The maximum Gasteiger partial charge on any atom is 0.304 e. The number of rotatable bonds is 7. The van der Waals surface area contributed by atoms with Crippen LogP contribution in [-0.4, -0.2) is 35.4 Å². The van der Waals surface area contributed by atoms with E-state index < -0.39 is 5.97 Å². The van der Waals surface area contributed by atoms with Crippen molar-refractivity contribution in [2.24, 2.45) is 0 Å². The van der Waals surface area contributed by atoms with Crippen molar-refractivity contribution in [1.82, 2.24) is 0 Å². The van der Waals surface area contributed by atoms with Crippen LogP contribution in [0.1, 0.15) is 24.8 Å². The number of thioether (sulfide) groups is 1. The molecule has 1 amide bonds. The molecule has 5 nitrogen and oxygen atoms in total. The Hall–Kier alpha value is -1.53. The molecule has 0 bridgehead atoms. The van der Waals surface area contributed by atoms with Gasteiger partial charge in [0.05, 0.1) is 6.42 Å². The second kappa shape index (κ2) is 8.05. The first-order chi connectivity index (χ1) is 10.1. The zero-order valence-electron chi connectivity index (χ0n) is 11.7. The lowest BCUT2D eigenvalue weighted by Crippen LogP contribution is -2.26. The van der Waals surface area contributed by atoms with E-state index in [1.54, 1.807) is 11.8 Å². The minimum absolute atomic E-state index is 0.0943. The van der Waals surface area contributed by atoms with Crippen molar-refractivity contribution in [3.63, 3.8) is 0 Å². The molecule has 1 aliphatic heterocycles. The van der Waals surface area contributed by atoms with Gasteiger partial charge in [-0.3, -0.25) is 9.59 Å². The molecule has 114 valence electrons. The molecule has 1 heterocycles. The van der Waals surface area contributed by atoms with Gasteiger partial charge in [-0.15, -0.1) is 0 Å². The fourth-order valence-electron chi connectivity index (χ4n) is 2.10. The lowest BCUT2D eigenvalue weighted by molar-refractivity contribution is -0.136. The Bertz CT molecular complexity index is 500. The van der Waals surface area contributed by atoms with Gasteiger partial charge in [-0.2, -0.15) is 11.8 Å². The van der Waals surface area contributed by atoms with Gasteiger partial charge in [0.1, 0.15) is 6.10 Å². The number of ether oxygens (including phenoxy) is 1. The quantitative estimate of drug-likeness (QED) is 0.757. The molecule has 0 aromatic heterocycles. The molecule has 0 spiro atoms. The number of hydrogen-bond donors (Lipinski definition) is 2. The normalized spacial score (nSPS) is 17.6. The Morgan fingerprint density at radius 3 is 3.00 bits per heavy atom. The van der Waals surface area contributed by atoms with E-state index >= 15 is 0 Å². The number of carbonyl (C=O) groups excluding carboxylic acids is 1. The molecule has 0 radical (unpaired) electrons. The lowest BCUT2D eigenvalue weighted by atomic mass is 10.2. The first-order valence-electron chi connectivity index (χ1n) is 6.96. The van der Waals surface area contributed by atoms with Crippen LogP contribution in [0.25, 0.3) is 0 Å². The lowest BCUT2D eigenvalue weighted by Gasteiger charge is -2.11. The summed E-state index contributed by atoms with van der Waals surface area (Å²) in [4.78, 5) is 22.4. The van der Waals surface area contributed by atoms with E-state index in [0.29, 0.717) is 12.4 Å². The van der Waals surface area contributed by atoms with Crippen LogP contribution in [0, 0.1) is 0 Å². The average molecular weight is 309 g/mol. The van der Waals surface area contributed by atoms with E-state index in [4.69, 9.17) is 9.84 Å². The van der Waals surface area contributed by atoms with E-state index in [9.17, 15) is 9.59 Å². The second-order valence-corrected chi connectivity index (χ2v) is 5.99. The number of carbonyl (C=O) groups is 2. The average Bonchev–Trinajstić information content (AvgIpc) is 2.98. The van der Waals surface area contributed by atoms with Gasteiger partial charge in [0.2, 0.25) is 0 Å². The predicted octanol–water partition coefficient (Wildman–Crippen LogP) is 2.51. The molecule has 1 fully saturated rings. The number of amides is 1. The van der Waals surface area contributed by atoms with Crippen LogP contribution in [-0.2, 0) is 20.1 Å². The Labute approximate surface area is 128 Å². The number of carboxylic acid groups (broad SMARTS) is 1. The highest BCUT2D eigenvalue weighted by Gasteiger charge is 2.23. The number of aliphatic carboxylic acids is 1. The van der Waals surface area contributed by atoms with E-state index in [0.717, 1.165) is 29.8 Å². The summed E-state index contributed by atoms with van der Waals surface area (Å²) in [6, 6.07) is 7.62. The third-order valence-electron chi connectivity index (χ3n) is 3.15. The third-order valence-corrected chi connectivity index (χ3v) is 4.18. The standard InChI is InChI=1S/C15H19NO4S/c17-14(18)6-8-21-10-11-3-1-4-12(9-11)16-15(19)13-5-2-7-20-13/h1,3-4,9,13H,2,5-8,10H2,(H,16,19)(H,17,18). The molecule has 1 unspecified atom stereocenters. The third kappa shape index (κ3) is 5.40. The van der Waals surface area contributed by atoms with Gasteiger partial charge in [-0.25, -0.2) is 0 Å². The SMILES string of the molecule is O=C(O)CCSCc1cccc(NC(=O)C2CCCO2)c1. The van der Waals surface area contributed by atoms with E-state index in [1.165, 1.54) is 0 Å². The summed E-state index contributed by atoms with van der Waals surface area (Å²) in [6.45, 7) is 0.651. The van der Waals surface area contributed by atoms with E-state index in [-0.39, 0.29) is 18.4 Å². The smallest absolute Gasteiger partial charge is 0.304 e.